The van der Waals surface area contributed by atoms with Crippen molar-refractivity contribution in [2.45, 2.75) is 20.0 Å². The van der Waals surface area contributed by atoms with Crippen LogP contribution in [0.5, 0.6) is 5.75 Å². The standard InChI is InChI=1S/C26H22Cl2N2O2S/c1-3-19-6-4-5-7-23(19)29-26-30(2)25(31)24(33-26)15-17-8-11-20(12-9-17)32-16-18-10-13-21(27)22(28)14-18/h4-15H,3,16H2,1-2H3/b24-15+,29-26?. The molecule has 0 aliphatic carbocycles. The summed E-state index contributed by atoms with van der Waals surface area (Å²) in [4.78, 5) is 19.7. The largest absolute Gasteiger partial charge is 0.489 e. The summed E-state index contributed by atoms with van der Waals surface area (Å²) < 4.78 is 5.83. The number of likely N-dealkylation sites (N-methyl/N-ethyl adjacent to an activating group) is 1. The van der Waals surface area contributed by atoms with Crippen LogP contribution in [0.4, 0.5) is 5.69 Å². The first-order valence-corrected chi connectivity index (χ1v) is 12.0. The van der Waals surface area contributed by atoms with Crippen molar-refractivity contribution in [2.24, 2.45) is 4.99 Å². The van der Waals surface area contributed by atoms with E-state index in [0.717, 1.165) is 34.5 Å². The number of benzene rings is 3. The lowest BCUT2D eigenvalue weighted by Gasteiger charge is -2.09. The van der Waals surface area contributed by atoms with Gasteiger partial charge >= 0.3 is 0 Å². The quantitative estimate of drug-likeness (QED) is 0.334. The third-order valence-corrected chi connectivity index (χ3v) is 6.96. The van der Waals surface area contributed by atoms with Crippen LogP contribution in [0, 0.1) is 0 Å². The van der Waals surface area contributed by atoms with Gasteiger partial charge in [-0.25, -0.2) is 4.99 Å². The number of ether oxygens (including phenoxy) is 1. The van der Waals surface area contributed by atoms with E-state index in [1.165, 1.54) is 11.8 Å². The Morgan fingerprint density at radius 2 is 1.79 bits per heavy atom. The molecule has 168 valence electrons. The van der Waals surface area contributed by atoms with E-state index >= 15 is 0 Å². The molecule has 0 aromatic heterocycles. The monoisotopic (exact) mass is 496 g/mol. The number of aliphatic imine (C=N–C) groups is 1. The molecule has 4 nitrogen and oxygen atoms in total. The van der Waals surface area contributed by atoms with Crippen molar-refractivity contribution in [2.75, 3.05) is 7.05 Å². The van der Waals surface area contributed by atoms with Crippen LogP contribution in [-0.4, -0.2) is 23.0 Å². The van der Waals surface area contributed by atoms with Gasteiger partial charge in [0, 0.05) is 7.05 Å². The average Bonchev–Trinajstić information content (AvgIpc) is 3.08. The smallest absolute Gasteiger partial charge is 0.266 e. The van der Waals surface area contributed by atoms with Gasteiger partial charge in [0.15, 0.2) is 5.17 Å². The number of amidine groups is 1. The number of rotatable bonds is 6. The summed E-state index contributed by atoms with van der Waals surface area (Å²) >= 11 is 13.4. The second-order valence-corrected chi connectivity index (χ2v) is 9.28. The summed E-state index contributed by atoms with van der Waals surface area (Å²) in [6.07, 6.45) is 2.76. The Hall–Kier alpha value is -2.73. The van der Waals surface area contributed by atoms with Crippen LogP contribution in [0.1, 0.15) is 23.6 Å². The summed E-state index contributed by atoms with van der Waals surface area (Å²) in [5.41, 5.74) is 3.90. The fraction of sp³-hybridized carbons (Fsp3) is 0.154. The van der Waals surface area contributed by atoms with Gasteiger partial charge in [0.05, 0.1) is 20.6 Å². The molecule has 0 saturated carbocycles. The lowest BCUT2D eigenvalue weighted by atomic mass is 10.1. The summed E-state index contributed by atoms with van der Waals surface area (Å²) in [5, 5.41) is 1.70. The number of carbonyl (C=O) groups is 1. The number of amides is 1. The summed E-state index contributed by atoms with van der Waals surface area (Å²) in [6.45, 7) is 2.48. The zero-order valence-corrected chi connectivity index (χ0v) is 20.5. The maximum atomic E-state index is 12.8. The molecule has 1 heterocycles. The first kappa shape index (κ1) is 23.4. The van der Waals surface area contributed by atoms with Gasteiger partial charge in [-0.1, -0.05) is 66.5 Å². The number of nitrogens with zero attached hydrogens (tertiary/aromatic N) is 2. The van der Waals surface area contributed by atoms with Crippen molar-refractivity contribution in [3.8, 4) is 5.75 Å². The van der Waals surface area contributed by atoms with E-state index in [4.69, 9.17) is 32.9 Å². The first-order valence-electron chi connectivity index (χ1n) is 10.5. The number of aryl methyl sites for hydroxylation is 1. The molecule has 0 spiro atoms. The van der Waals surface area contributed by atoms with E-state index in [-0.39, 0.29) is 5.91 Å². The SMILES string of the molecule is CCc1ccccc1N=C1S/C(=C/c2ccc(OCc3ccc(Cl)c(Cl)c3)cc2)C(=O)N1C. The molecule has 0 bridgehead atoms. The zero-order valence-electron chi connectivity index (χ0n) is 18.2. The molecule has 3 aromatic rings. The molecule has 0 atom stereocenters. The van der Waals surface area contributed by atoms with Crippen molar-refractivity contribution in [3.63, 3.8) is 0 Å². The third-order valence-electron chi connectivity index (χ3n) is 5.16. The van der Waals surface area contributed by atoms with Crippen molar-refractivity contribution < 1.29 is 9.53 Å². The fourth-order valence-corrected chi connectivity index (χ4v) is 4.58. The fourth-order valence-electron chi connectivity index (χ4n) is 3.28. The van der Waals surface area contributed by atoms with E-state index in [2.05, 4.69) is 13.0 Å². The topological polar surface area (TPSA) is 41.9 Å². The number of halogens is 2. The molecule has 7 heteroatoms. The highest BCUT2D eigenvalue weighted by molar-refractivity contribution is 8.18. The molecule has 1 aliphatic heterocycles. The molecule has 0 N–H and O–H groups in total. The van der Waals surface area contributed by atoms with Gasteiger partial charge in [0.2, 0.25) is 0 Å². The number of hydrogen-bond donors (Lipinski definition) is 0. The molecule has 0 radical (unpaired) electrons. The van der Waals surface area contributed by atoms with E-state index in [1.807, 2.05) is 54.6 Å². The number of thioether (sulfide) groups is 1. The Balaban J connectivity index is 1.45. The highest BCUT2D eigenvalue weighted by Crippen LogP contribution is 2.34. The highest BCUT2D eigenvalue weighted by Gasteiger charge is 2.30. The molecule has 1 aliphatic rings. The molecule has 3 aromatic carbocycles. The van der Waals surface area contributed by atoms with Crippen molar-refractivity contribution >= 4 is 57.8 Å². The Morgan fingerprint density at radius 3 is 2.52 bits per heavy atom. The minimum Gasteiger partial charge on any atom is -0.489 e. The van der Waals surface area contributed by atoms with Gasteiger partial charge < -0.3 is 4.74 Å². The third kappa shape index (κ3) is 5.61. The molecule has 1 saturated heterocycles. The van der Waals surface area contributed by atoms with Gasteiger partial charge in [-0.05, 0) is 71.3 Å². The maximum absolute atomic E-state index is 12.8. The first-order chi connectivity index (χ1) is 15.9. The lowest BCUT2D eigenvalue weighted by molar-refractivity contribution is -0.121. The van der Waals surface area contributed by atoms with Crippen molar-refractivity contribution in [3.05, 3.63) is 98.4 Å². The number of hydrogen-bond acceptors (Lipinski definition) is 4. The van der Waals surface area contributed by atoms with Gasteiger partial charge in [-0.15, -0.1) is 0 Å². The van der Waals surface area contributed by atoms with Crippen molar-refractivity contribution in [1.29, 1.82) is 0 Å². The molecule has 1 amide bonds. The molecule has 33 heavy (non-hydrogen) atoms. The van der Waals surface area contributed by atoms with Crippen LogP contribution in [-0.2, 0) is 17.8 Å². The Bertz CT molecular complexity index is 1240. The van der Waals surface area contributed by atoms with Crippen LogP contribution in [0.2, 0.25) is 10.0 Å². The van der Waals surface area contributed by atoms with E-state index in [1.54, 1.807) is 24.1 Å². The minimum absolute atomic E-state index is 0.0623. The van der Waals surface area contributed by atoms with Gasteiger partial charge in [-0.2, -0.15) is 0 Å². The summed E-state index contributed by atoms with van der Waals surface area (Å²) in [6, 6.07) is 21.0. The van der Waals surface area contributed by atoms with Crippen LogP contribution < -0.4 is 4.74 Å². The van der Waals surface area contributed by atoms with Crippen LogP contribution in [0.15, 0.2) is 76.6 Å². The Morgan fingerprint density at radius 1 is 1.03 bits per heavy atom. The predicted molar refractivity (Wildman–Crippen MR) is 138 cm³/mol. The van der Waals surface area contributed by atoms with Crippen LogP contribution >= 0.6 is 35.0 Å². The Labute approximate surface area is 207 Å². The number of para-hydroxylation sites is 1. The second-order valence-electron chi connectivity index (χ2n) is 7.46. The minimum atomic E-state index is -0.0623. The Kier molecular flexibility index (Phi) is 7.43. The van der Waals surface area contributed by atoms with Crippen LogP contribution in [0.3, 0.4) is 0 Å². The molecule has 4 rings (SSSR count). The molecule has 1 fully saturated rings. The summed E-state index contributed by atoms with van der Waals surface area (Å²) in [5.74, 6) is 0.664. The van der Waals surface area contributed by atoms with Gasteiger partial charge in [-0.3, -0.25) is 9.69 Å². The normalized spacial score (nSPS) is 16.1. The average molecular weight is 497 g/mol. The zero-order chi connectivity index (χ0) is 23.4. The highest BCUT2D eigenvalue weighted by atomic mass is 35.5. The molecular formula is C26H22Cl2N2O2S. The lowest BCUT2D eigenvalue weighted by Crippen LogP contribution is -2.23. The summed E-state index contributed by atoms with van der Waals surface area (Å²) in [7, 11) is 1.75. The van der Waals surface area contributed by atoms with E-state index < -0.39 is 0 Å². The molecule has 0 unspecified atom stereocenters. The van der Waals surface area contributed by atoms with Gasteiger partial charge in [0.1, 0.15) is 12.4 Å². The van der Waals surface area contributed by atoms with Gasteiger partial charge in [0.25, 0.3) is 5.91 Å². The maximum Gasteiger partial charge on any atom is 0.266 e. The molecular weight excluding hydrogens is 475 g/mol. The van der Waals surface area contributed by atoms with E-state index in [9.17, 15) is 4.79 Å². The number of carbonyl (C=O) groups excluding carboxylic acids is 1. The van der Waals surface area contributed by atoms with Crippen molar-refractivity contribution in [1.82, 2.24) is 4.90 Å². The van der Waals surface area contributed by atoms with E-state index in [0.29, 0.717) is 26.7 Å². The van der Waals surface area contributed by atoms with Crippen LogP contribution in [0.25, 0.3) is 6.08 Å². The predicted octanol–water partition coefficient (Wildman–Crippen LogP) is 7.37. The second kappa shape index (κ2) is 10.5.